The number of likely N-dealkylation sites (N-methyl/N-ethyl adjacent to an activating group) is 1. The van der Waals surface area contributed by atoms with Crippen molar-refractivity contribution in [2.45, 2.75) is 43.1 Å². The van der Waals surface area contributed by atoms with E-state index in [9.17, 15) is 4.79 Å². The van der Waals surface area contributed by atoms with Crippen molar-refractivity contribution < 1.29 is 9.53 Å². The summed E-state index contributed by atoms with van der Waals surface area (Å²) < 4.78 is 6.36. The molecule has 2 aromatic carbocycles. The van der Waals surface area contributed by atoms with Crippen LogP contribution < -0.4 is 5.32 Å². The Morgan fingerprint density at radius 3 is 2.25 bits per heavy atom. The lowest BCUT2D eigenvalue weighted by molar-refractivity contribution is -0.154. The fourth-order valence-electron chi connectivity index (χ4n) is 4.84. The summed E-state index contributed by atoms with van der Waals surface area (Å²) in [5, 5.41) is 3.18. The van der Waals surface area contributed by atoms with E-state index < -0.39 is 11.3 Å². The first-order valence-corrected chi connectivity index (χ1v) is 11.5. The first-order chi connectivity index (χ1) is 15.7. The summed E-state index contributed by atoms with van der Waals surface area (Å²) in [6.45, 7) is 0. The summed E-state index contributed by atoms with van der Waals surface area (Å²) in [5.41, 5.74) is 2.25. The second-order valence-corrected chi connectivity index (χ2v) is 8.63. The molecule has 3 aromatic rings. The highest BCUT2D eigenvalue weighted by atomic mass is 32.1. The van der Waals surface area contributed by atoms with Gasteiger partial charge < -0.3 is 10.1 Å². The maximum absolute atomic E-state index is 13.7. The van der Waals surface area contributed by atoms with Gasteiger partial charge >= 0.3 is 5.97 Å². The van der Waals surface area contributed by atoms with E-state index in [1.807, 2.05) is 86.0 Å². The Morgan fingerprint density at radius 2 is 1.69 bits per heavy atom. The summed E-state index contributed by atoms with van der Waals surface area (Å²) in [7, 11) is 1.84. The standard InChI is InChI=1S/C27H28N2O2S/c1-28-26(32)27(22-15-10-18-29-19-22)17-9-8-16-23(27)31-25(30)24(20-11-4-2-5-12-20)21-13-6-3-7-14-21/h2-7,10-15,18-19,23-24H,8-9,16-17H2,1H3,(H,28,32)/t23-,27+/m1/s1. The average Bonchev–Trinajstić information content (AvgIpc) is 2.86. The van der Waals surface area contributed by atoms with Crippen LogP contribution in [0.25, 0.3) is 0 Å². The van der Waals surface area contributed by atoms with Crippen LogP contribution in [0.5, 0.6) is 0 Å². The number of nitrogens with one attached hydrogen (secondary N) is 1. The first-order valence-electron chi connectivity index (χ1n) is 11.1. The van der Waals surface area contributed by atoms with Gasteiger partial charge in [0.05, 0.1) is 10.4 Å². The molecule has 32 heavy (non-hydrogen) atoms. The highest BCUT2D eigenvalue weighted by Crippen LogP contribution is 2.43. The van der Waals surface area contributed by atoms with E-state index in [4.69, 9.17) is 17.0 Å². The molecule has 0 spiro atoms. The number of carbonyl (C=O) groups is 1. The van der Waals surface area contributed by atoms with Gasteiger partial charge in [-0.05, 0) is 42.0 Å². The molecule has 164 valence electrons. The Balaban J connectivity index is 1.72. The number of ether oxygens (including phenoxy) is 1. The van der Waals surface area contributed by atoms with Crippen molar-refractivity contribution in [3.05, 3.63) is 102 Å². The lowest BCUT2D eigenvalue weighted by Gasteiger charge is -2.44. The molecule has 1 aliphatic carbocycles. The maximum Gasteiger partial charge on any atom is 0.318 e. The summed E-state index contributed by atoms with van der Waals surface area (Å²) in [6, 6.07) is 23.6. The molecule has 1 aromatic heterocycles. The Kier molecular flexibility index (Phi) is 6.96. The van der Waals surface area contributed by atoms with Crippen LogP contribution in [0.4, 0.5) is 0 Å². The molecule has 1 N–H and O–H groups in total. The van der Waals surface area contributed by atoms with Gasteiger partial charge in [0.2, 0.25) is 0 Å². The molecule has 0 aliphatic heterocycles. The van der Waals surface area contributed by atoms with Crippen molar-refractivity contribution in [1.82, 2.24) is 10.3 Å². The predicted octanol–water partition coefficient (Wildman–Crippen LogP) is 5.18. The largest absolute Gasteiger partial charge is 0.460 e. The number of rotatable bonds is 6. The van der Waals surface area contributed by atoms with Crippen molar-refractivity contribution >= 4 is 23.2 Å². The SMILES string of the molecule is CNC(=S)[C@]1(c2cccnc2)CCCC[C@H]1OC(=O)C(c1ccccc1)c1ccccc1. The Labute approximate surface area is 195 Å². The Bertz CT molecular complexity index is 1000. The number of benzene rings is 2. The van der Waals surface area contributed by atoms with E-state index in [2.05, 4.69) is 10.3 Å². The second-order valence-electron chi connectivity index (χ2n) is 8.22. The lowest BCUT2D eigenvalue weighted by atomic mass is 9.67. The van der Waals surface area contributed by atoms with Gasteiger partial charge in [-0.1, -0.05) is 85.4 Å². The fraction of sp³-hybridized carbons (Fsp3) is 0.296. The molecule has 1 fully saturated rings. The maximum atomic E-state index is 13.7. The highest BCUT2D eigenvalue weighted by Gasteiger charge is 2.48. The Morgan fingerprint density at radius 1 is 1.03 bits per heavy atom. The molecule has 0 saturated heterocycles. The number of hydrogen-bond donors (Lipinski definition) is 1. The van der Waals surface area contributed by atoms with Gasteiger partial charge in [-0.3, -0.25) is 9.78 Å². The zero-order valence-electron chi connectivity index (χ0n) is 18.2. The molecule has 0 radical (unpaired) electrons. The molecule has 0 unspecified atom stereocenters. The number of aromatic nitrogens is 1. The zero-order valence-corrected chi connectivity index (χ0v) is 19.1. The van der Waals surface area contributed by atoms with Gasteiger partial charge in [0.1, 0.15) is 12.0 Å². The van der Waals surface area contributed by atoms with Crippen LogP contribution in [0.15, 0.2) is 85.2 Å². The number of nitrogens with zero attached hydrogens (tertiary/aromatic N) is 1. The highest BCUT2D eigenvalue weighted by molar-refractivity contribution is 7.80. The van der Waals surface area contributed by atoms with E-state index in [0.29, 0.717) is 4.99 Å². The summed E-state index contributed by atoms with van der Waals surface area (Å²) >= 11 is 5.82. The van der Waals surface area contributed by atoms with Gasteiger partial charge in [0.25, 0.3) is 0 Å². The van der Waals surface area contributed by atoms with Crippen LogP contribution >= 0.6 is 12.2 Å². The number of carbonyl (C=O) groups excluding carboxylic acids is 1. The van der Waals surface area contributed by atoms with Crippen molar-refractivity contribution in [1.29, 1.82) is 0 Å². The lowest BCUT2D eigenvalue weighted by Crippen LogP contribution is -2.54. The van der Waals surface area contributed by atoms with E-state index in [1.165, 1.54) is 0 Å². The molecule has 5 heteroatoms. The minimum atomic E-state index is -0.579. The zero-order chi connectivity index (χ0) is 22.4. The van der Waals surface area contributed by atoms with Crippen molar-refractivity contribution in [3.8, 4) is 0 Å². The summed E-state index contributed by atoms with van der Waals surface area (Å²) in [4.78, 5) is 18.8. The topological polar surface area (TPSA) is 51.2 Å². The van der Waals surface area contributed by atoms with E-state index in [-0.39, 0.29) is 12.1 Å². The number of pyridine rings is 1. The third-order valence-corrected chi connectivity index (χ3v) is 6.97. The van der Waals surface area contributed by atoms with Crippen LogP contribution in [0.1, 0.15) is 48.3 Å². The quantitative estimate of drug-likeness (QED) is 0.419. The monoisotopic (exact) mass is 444 g/mol. The number of thiocarbonyl (C=S) groups is 1. The minimum Gasteiger partial charge on any atom is -0.460 e. The smallest absolute Gasteiger partial charge is 0.318 e. The number of hydrogen-bond acceptors (Lipinski definition) is 4. The van der Waals surface area contributed by atoms with E-state index in [1.54, 1.807) is 6.20 Å². The minimum absolute atomic E-state index is 0.249. The molecule has 4 nitrogen and oxygen atoms in total. The van der Waals surface area contributed by atoms with Gasteiger partial charge in [0, 0.05) is 19.4 Å². The van der Waals surface area contributed by atoms with Gasteiger partial charge in [-0.15, -0.1) is 0 Å². The molecule has 1 saturated carbocycles. The predicted molar refractivity (Wildman–Crippen MR) is 131 cm³/mol. The van der Waals surface area contributed by atoms with Crippen LogP contribution in [-0.2, 0) is 14.9 Å². The molecule has 0 amide bonds. The molecule has 2 atom stereocenters. The molecule has 0 bridgehead atoms. The van der Waals surface area contributed by atoms with Crippen LogP contribution in [0.3, 0.4) is 0 Å². The molecular formula is C27H28N2O2S. The van der Waals surface area contributed by atoms with Crippen LogP contribution in [0.2, 0.25) is 0 Å². The summed E-state index contributed by atoms with van der Waals surface area (Å²) in [5.74, 6) is -0.740. The normalized spacial score (nSPS) is 20.5. The van der Waals surface area contributed by atoms with Gasteiger partial charge in [-0.2, -0.15) is 0 Å². The third-order valence-electron chi connectivity index (χ3n) is 6.41. The van der Waals surface area contributed by atoms with Crippen LogP contribution in [-0.4, -0.2) is 29.1 Å². The third kappa shape index (κ3) is 4.30. The van der Waals surface area contributed by atoms with E-state index >= 15 is 0 Å². The first kappa shape index (κ1) is 22.2. The second kappa shape index (κ2) is 10.0. The van der Waals surface area contributed by atoms with Crippen molar-refractivity contribution in [2.75, 3.05) is 7.05 Å². The van der Waals surface area contributed by atoms with Crippen molar-refractivity contribution in [2.24, 2.45) is 0 Å². The van der Waals surface area contributed by atoms with E-state index in [0.717, 1.165) is 42.4 Å². The molecule has 1 heterocycles. The summed E-state index contributed by atoms with van der Waals surface area (Å²) in [6.07, 6.45) is 6.84. The fourth-order valence-corrected chi connectivity index (χ4v) is 5.19. The average molecular weight is 445 g/mol. The van der Waals surface area contributed by atoms with Crippen LogP contribution in [0, 0.1) is 0 Å². The molecule has 1 aliphatic rings. The number of esters is 1. The van der Waals surface area contributed by atoms with Crippen molar-refractivity contribution in [3.63, 3.8) is 0 Å². The Hall–Kier alpha value is -3.05. The molecule has 4 rings (SSSR count). The van der Waals surface area contributed by atoms with Gasteiger partial charge in [-0.25, -0.2) is 0 Å². The van der Waals surface area contributed by atoms with Gasteiger partial charge in [0.15, 0.2) is 0 Å². The molecular weight excluding hydrogens is 416 g/mol.